The van der Waals surface area contributed by atoms with Crippen molar-refractivity contribution < 1.29 is 5.11 Å². The van der Waals surface area contributed by atoms with Crippen molar-refractivity contribution in [3.8, 4) is 0 Å². The Morgan fingerprint density at radius 1 is 1.43 bits per heavy atom. The quantitative estimate of drug-likeness (QED) is 0.488. The molecule has 2 aliphatic heterocycles. The topological polar surface area (TPSA) is 72.2 Å². The fourth-order valence-electron chi connectivity index (χ4n) is 1.54. The van der Waals surface area contributed by atoms with Gasteiger partial charge in [0.25, 0.3) is 0 Å². The Bertz CT molecular complexity index is 262. The first-order valence-electron chi connectivity index (χ1n) is 4.87. The number of aliphatic hydroxyl groups excluding tert-OH is 1. The lowest BCUT2D eigenvalue weighted by molar-refractivity contribution is 0.299. The monoisotopic (exact) mass is 197 g/mol. The van der Waals surface area contributed by atoms with Gasteiger partial charge in [0, 0.05) is 19.6 Å². The lowest BCUT2D eigenvalue weighted by atomic mass is 10.6. The average molecular weight is 197 g/mol. The van der Waals surface area contributed by atoms with E-state index in [9.17, 15) is 0 Å². The molecule has 0 spiro atoms. The molecule has 2 heterocycles. The van der Waals surface area contributed by atoms with Gasteiger partial charge in [-0.05, 0) is 0 Å². The molecular formula is C8H15N5O. The maximum atomic E-state index is 8.70. The normalized spacial score (nSPS) is 20.5. The van der Waals surface area contributed by atoms with Crippen LogP contribution in [0.1, 0.15) is 0 Å². The van der Waals surface area contributed by atoms with Gasteiger partial charge >= 0.3 is 0 Å². The lowest BCUT2D eigenvalue weighted by Crippen LogP contribution is -2.47. The number of hydrogen-bond donors (Lipinski definition) is 3. The highest BCUT2D eigenvalue weighted by Gasteiger charge is 2.22. The third kappa shape index (κ3) is 1.79. The van der Waals surface area contributed by atoms with Crippen LogP contribution in [-0.2, 0) is 0 Å². The van der Waals surface area contributed by atoms with E-state index in [0.717, 1.165) is 38.1 Å². The first-order chi connectivity index (χ1) is 6.92. The van der Waals surface area contributed by atoms with Crippen molar-refractivity contribution >= 4 is 11.9 Å². The molecule has 0 aliphatic carbocycles. The van der Waals surface area contributed by atoms with E-state index in [-0.39, 0.29) is 6.61 Å². The minimum atomic E-state index is 0.118. The highest BCUT2D eigenvalue weighted by Crippen LogP contribution is 2.02. The summed E-state index contributed by atoms with van der Waals surface area (Å²) in [6.07, 6.45) is 0. The number of guanidine groups is 2. The van der Waals surface area contributed by atoms with Crippen LogP contribution in [0.5, 0.6) is 0 Å². The second-order valence-electron chi connectivity index (χ2n) is 3.14. The molecule has 0 saturated heterocycles. The zero-order chi connectivity index (χ0) is 9.80. The molecule has 0 aromatic heterocycles. The SMILES string of the molecule is OCCNC1=NCCN1C1=NCCN1. The van der Waals surface area contributed by atoms with Gasteiger partial charge in [0.15, 0.2) is 0 Å². The van der Waals surface area contributed by atoms with Gasteiger partial charge in [0.05, 0.1) is 19.7 Å². The standard InChI is InChI=1S/C8H15N5O/c14-6-4-12-8-11-3-5-13(8)7-9-1-2-10-7/h14H,1-6H2,(H,9,10)(H,11,12). The third-order valence-electron chi connectivity index (χ3n) is 2.15. The van der Waals surface area contributed by atoms with E-state index in [4.69, 9.17) is 5.11 Å². The van der Waals surface area contributed by atoms with Crippen molar-refractivity contribution in [2.75, 3.05) is 39.3 Å². The lowest BCUT2D eigenvalue weighted by Gasteiger charge is -2.20. The second kappa shape index (κ2) is 4.28. The minimum absolute atomic E-state index is 0.118. The minimum Gasteiger partial charge on any atom is -0.395 e. The molecule has 0 aromatic carbocycles. The Morgan fingerprint density at radius 3 is 3.07 bits per heavy atom. The fourth-order valence-corrected chi connectivity index (χ4v) is 1.54. The predicted octanol–water partition coefficient (Wildman–Crippen LogP) is -1.80. The zero-order valence-electron chi connectivity index (χ0n) is 8.03. The van der Waals surface area contributed by atoms with Crippen molar-refractivity contribution in [3.63, 3.8) is 0 Å². The molecule has 0 atom stereocenters. The first kappa shape index (κ1) is 9.26. The summed E-state index contributed by atoms with van der Waals surface area (Å²) in [5.41, 5.74) is 0. The Hall–Kier alpha value is -1.30. The number of aliphatic hydroxyl groups is 1. The largest absolute Gasteiger partial charge is 0.395 e. The van der Waals surface area contributed by atoms with E-state index < -0.39 is 0 Å². The molecule has 6 heteroatoms. The maximum Gasteiger partial charge on any atom is 0.201 e. The highest BCUT2D eigenvalue weighted by molar-refractivity contribution is 6.00. The van der Waals surface area contributed by atoms with Crippen LogP contribution >= 0.6 is 0 Å². The average Bonchev–Trinajstić information content (AvgIpc) is 2.84. The summed E-state index contributed by atoms with van der Waals surface area (Å²) in [6.45, 7) is 4.03. The fraction of sp³-hybridized carbons (Fsp3) is 0.750. The Kier molecular flexibility index (Phi) is 2.83. The molecule has 78 valence electrons. The number of nitrogens with zero attached hydrogens (tertiary/aromatic N) is 3. The summed E-state index contributed by atoms with van der Waals surface area (Å²) in [7, 11) is 0. The molecule has 0 bridgehead atoms. The summed E-state index contributed by atoms with van der Waals surface area (Å²) in [4.78, 5) is 10.6. The molecule has 0 radical (unpaired) electrons. The Labute approximate surface area is 82.7 Å². The molecule has 2 rings (SSSR count). The number of aliphatic imine (C=N–C) groups is 2. The molecule has 0 amide bonds. The van der Waals surface area contributed by atoms with E-state index in [1.807, 2.05) is 4.90 Å². The summed E-state index contributed by atoms with van der Waals surface area (Å²) in [6, 6.07) is 0. The van der Waals surface area contributed by atoms with Gasteiger partial charge in [-0.3, -0.25) is 14.9 Å². The molecule has 0 unspecified atom stereocenters. The molecule has 14 heavy (non-hydrogen) atoms. The van der Waals surface area contributed by atoms with Gasteiger partial charge < -0.3 is 15.7 Å². The summed E-state index contributed by atoms with van der Waals surface area (Å²) in [5, 5.41) is 15.0. The van der Waals surface area contributed by atoms with Gasteiger partial charge in [-0.2, -0.15) is 0 Å². The van der Waals surface area contributed by atoms with Gasteiger partial charge in [-0.1, -0.05) is 0 Å². The van der Waals surface area contributed by atoms with Crippen LogP contribution in [0.3, 0.4) is 0 Å². The van der Waals surface area contributed by atoms with Gasteiger partial charge in [0.2, 0.25) is 11.9 Å². The molecule has 6 nitrogen and oxygen atoms in total. The highest BCUT2D eigenvalue weighted by atomic mass is 16.3. The maximum absolute atomic E-state index is 8.70. The smallest absolute Gasteiger partial charge is 0.201 e. The van der Waals surface area contributed by atoms with Crippen molar-refractivity contribution in [2.24, 2.45) is 9.98 Å². The molecular weight excluding hydrogens is 182 g/mol. The van der Waals surface area contributed by atoms with Crippen molar-refractivity contribution in [1.29, 1.82) is 0 Å². The van der Waals surface area contributed by atoms with Crippen molar-refractivity contribution in [2.45, 2.75) is 0 Å². The summed E-state index contributed by atoms with van der Waals surface area (Å²) < 4.78 is 0. The molecule has 0 fully saturated rings. The van der Waals surface area contributed by atoms with Gasteiger partial charge in [-0.15, -0.1) is 0 Å². The molecule has 0 saturated carbocycles. The van der Waals surface area contributed by atoms with E-state index >= 15 is 0 Å². The van der Waals surface area contributed by atoms with Crippen LogP contribution in [0.2, 0.25) is 0 Å². The second-order valence-corrected chi connectivity index (χ2v) is 3.14. The van der Waals surface area contributed by atoms with Crippen molar-refractivity contribution in [1.82, 2.24) is 15.5 Å². The van der Waals surface area contributed by atoms with Crippen LogP contribution in [0.25, 0.3) is 0 Å². The van der Waals surface area contributed by atoms with Crippen LogP contribution in [-0.4, -0.2) is 61.3 Å². The van der Waals surface area contributed by atoms with Gasteiger partial charge in [0.1, 0.15) is 0 Å². The summed E-state index contributed by atoms with van der Waals surface area (Å²) in [5.74, 6) is 1.71. The molecule has 2 aliphatic rings. The Balaban J connectivity index is 1.95. The number of rotatable bonds is 2. The summed E-state index contributed by atoms with van der Waals surface area (Å²) >= 11 is 0. The Morgan fingerprint density at radius 2 is 2.36 bits per heavy atom. The van der Waals surface area contributed by atoms with Crippen LogP contribution in [0.15, 0.2) is 9.98 Å². The van der Waals surface area contributed by atoms with Crippen LogP contribution < -0.4 is 10.6 Å². The first-order valence-corrected chi connectivity index (χ1v) is 4.87. The number of nitrogens with one attached hydrogen (secondary N) is 2. The molecule has 0 aromatic rings. The van der Waals surface area contributed by atoms with Crippen molar-refractivity contribution in [3.05, 3.63) is 0 Å². The molecule has 3 N–H and O–H groups in total. The zero-order valence-corrected chi connectivity index (χ0v) is 8.03. The predicted molar refractivity (Wildman–Crippen MR) is 54.4 cm³/mol. The van der Waals surface area contributed by atoms with Crippen LogP contribution in [0.4, 0.5) is 0 Å². The van der Waals surface area contributed by atoms with E-state index in [2.05, 4.69) is 20.6 Å². The van der Waals surface area contributed by atoms with Gasteiger partial charge in [-0.25, -0.2) is 0 Å². The number of hydrogen-bond acceptors (Lipinski definition) is 6. The third-order valence-corrected chi connectivity index (χ3v) is 2.15. The van der Waals surface area contributed by atoms with E-state index in [1.54, 1.807) is 0 Å². The van der Waals surface area contributed by atoms with E-state index in [0.29, 0.717) is 6.54 Å². The van der Waals surface area contributed by atoms with E-state index in [1.165, 1.54) is 0 Å². The van der Waals surface area contributed by atoms with Crippen LogP contribution in [0, 0.1) is 0 Å².